The lowest BCUT2D eigenvalue weighted by Gasteiger charge is -2.47. The van der Waals surface area contributed by atoms with Crippen LogP contribution in [0.3, 0.4) is 0 Å². The van der Waals surface area contributed by atoms with Crippen molar-refractivity contribution in [2.24, 2.45) is 0 Å². The molecule has 7 atom stereocenters. The number of fused-ring (bicyclic) bond motifs is 3. The molecule has 1 saturated heterocycles. The standard InChI is InChI=1S/C25H30O11/c1-5-11(2)23(31)34-21-16-13(8-6-12-7-9-15(27)33-20(12)16)36-25(3,4)22(21)35-24-19(30)18(29)17(28)14(10-26)32-24/h5-9,14,17-19,21-22,24,26,28-30H,10H2,1-4H3/b11-5-/t14-,17-,18+,19-,21-,22-,24+/m1/s1. The molecule has 11 nitrogen and oxygen atoms in total. The summed E-state index contributed by atoms with van der Waals surface area (Å²) in [5.74, 6) is -0.365. The molecule has 0 radical (unpaired) electrons. The number of rotatable bonds is 5. The minimum Gasteiger partial charge on any atom is -0.484 e. The second-order valence-electron chi connectivity index (χ2n) is 9.41. The van der Waals surface area contributed by atoms with Gasteiger partial charge >= 0.3 is 11.6 Å². The summed E-state index contributed by atoms with van der Waals surface area (Å²) in [6.45, 7) is 5.94. The van der Waals surface area contributed by atoms with E-state index in [4.69, 9.17) is 23.4 Å². The van der Waals surface area contributed by atoms with Gasteiger partial charge in [-0.25, -0.2) is 9.59 Å². The van der Waals surface area contributed by atoms with Crippen molar-refractivity contribution in [3.05, 3.63) is 51.9 Å². The molecule has 36 heavy (non-hydrogen) atoms. The Morgan fingerprint density at radius 2 is 1.81 bits per heavy atom. The van der Waals surface area contributed by atoms with Crippen molar-refractivity contribution < 1.29 is 48.6 Å². The van der Waals surface area contributed by atoms with E-state index in [2.05, 4.69) is 0 Å². The fourth-order valence-corrected chi connectivity index (χ4v) is 4.36. The summed E-state index contributed by atoms with van der Waals surface area (Å²) in [6.07, 6.45) is -8.47. The highest BCUT2D eigenvalue weighted by Crippen LogP contribution is 2.47. The zero-order valence-electron chi connectivity index (χ0n) is 20.3. The summed E-state index contributed by atoms with van der Waals surface area (Å²) in [5.41, 5.74) is -1.12. The van der Waals surface area contributed by atoms with Crippen molar-refractivity contribution in [3.8, 4) is 5.75 Å². The number of allylic oxidation sites excluding steroid dienone is 1. The Morgan fingerprint density at radius 3 is 2.47 bits per heavy atom. The normalized spacial score (nSPS) is 32.0. The zero-order chi connectivity index (χ0) is 26.4. The Morgan fingerprint density at radius 1 is 1.11 bits per heavy atom. The fraction of sp³-hybridized carbons (Fsp3) is 0.520. The van der Waals surface area contributed by atoms with Gasteiger partial charge in [0.05, 0.1) is 12.2 Å². The molecule has 1 aromatic heterocycles. The number of aliphatic hydroxyl groups is 4. The van der Waals surface area contributed by atoms with E-state index in [9.17, 15) is 30.0 Å². The van der Waals surface area contributed by atoms with Crippen LogP contribution < -0.4 is 10.4 Å². The van der Waals surface area contributed by atoms with Crippen LogP contribution in [0.4, 0.5) is 0 Å². The van der Waals surface area contributed by atoms with Crippen LogP contribution in [0.5, 0.6) is 5.75 Å². The Labute approximate surface area is 206 Å². The highest BCUT2D eigenvalue weighted by atomic mass is 16.7. The van der Waals surface area contributed by atoms with Gasteiger partial charge in [0, 0.05) is 17.0 Å². The topological polar surface area (TPSA) is 165 Å². The molecule has 4 rings (SSSR count). The highest BCUT2D eigenvalue weighted by Gasteiger charge is 2.53. The van der Waals surface area contributed by atoms with E-state index in [0.717, 1.165) is 0 Å². The van der Waals surface area contributed by atoms with Gasteiger partial charge in [-0.1, -0.05) is 6.08 Å². The van der Waals surface area contributed by atoms with Crippen LogP contribution in [0.25, 0.3) is 11.0 Å². The molecule has 0 aliphatic carbocycles. The number of hydrogen-bond donors (Lipinski definition) is 4. The third-order valence-corrected chi connectivity index (χ3v) is 6.52. The third kappa shape index (κ3) is 4.65. The molecule has 0 spiro atoms. The van der Waals surface area contributed by atoms with Crippen molar-refractivity contribution >= 4 is 16.9 Å². The highest BCUT2D eigenvalue weighted by molar-refractivity contribution is 5.89. The Hall–Kier alpha value is -2.80. The van der Waals surface area contributed by atoms with Gasteiger partial charge in [0.1, 0.15) is 47.5 Å². The maximum Gasteiger partial charge on any atom is 0.336 e. The summed E-state index contributed by atoms with van der Waals surface area (Å²) >= 11 is 0. The summed E-state index contributed by atoms with van der Waals surface area (Å²) in [6, 6.07) is 6.18. The lowest BCUT2D eigenvalue weighted by Crippen LogP contribution is -2.62. The molecule has 0 unspecified atom stereocenters. The summed E-state index contributed by atoms with van der Waals surface area (Å²) in [5, 5.41) is 41.0. The second kappa shape index (κ2) is 9.92. The predicted octanol–water partition coefficient (Wildman–Crippen LogP) is 0.700. The minimum atomic E-state index is -1.70. The molecule has 1 aromatic carbocycles. The van der Waals surface area contributed by atoms with E-state index in [1.165, 1.54) is 6.07 Å². The Bertz CT molecular complexity index is 1210. The number of esters is 1. The van der Waals surface area contributed by atoms with Crippen LogP contribution in [0.15, 0.2) is 45.1 Å². The number of aliphatic hydroxyl groups excluding tert-OH is 4. The van der Waals surface area contributed by atoms with Crippen LogP contribution in [-0.2, 0) is 19.0 Å². The number of carbonyl (C=O) groups is 1. The Kier molecular flexibility index (Phi) is 7.24. The van der Waals surface area contributed by atoms with E-state index in [0.29, 0.717) is 16.7 Å². The SMILES string of the molecule is C/C=C(/C)C(=O)O[C@@H]1c2c(ccc3ccc(=O)oc23)OC(C)(C)[C@@H]1O[C@@H]1O[C@H](CO)[C@@H](O)[C@H](O)[C@H]1O. The van der Waals surface area contributed by atoms with Gasteiger partial charge in [-0.05, 0) is 45.9 Å². The zero-order valence-corrected chi connectivity index (χ0v) is 20.3. The van der Waals surface area contributed by atoms with Gasteiger partial charge in [0.15, 0.2) is 12.4 Å². The first-order valence-electron chi connectivity index (χ1n) is 11.5. The van der Waals surface area contributed by atoms with Crippen molar-refractivity contribution in [1.29, 1.82) is 0 Å². The van der Waals surface area contributed by atoms with Gasteiger partial charge in [-0.3, -0.25) is 0 Å². The third-order valence-electron chi connectivity index (χ3n) is 6.52. The van der Waals surface area contributed by atoms with Gasteiger partial charge in [-0.2, -0.15) is 0 Å². The van der Waals surface area contributed by atoms with Gasteiger partial charge in [0.25, 0.3) is 0 Å². The molecule has 1 fully saturated rings. The van der Waals surface area contributed by atoms with Crippen LogP contribution in [0.2, 0.25) is 0 Å². The first-order valence-corrected chi connectivity index (χ1v) is 11.5. The van der Waals surface area contributed by atoms with E-state index < -0.39 is 66.7 Å². The average molecular weight is 507 g/mol. The first-order chi connectivity index (χ1) is 17.0. The molecule has 4 N–H and O–H groups in total. The van der Waals surface area contributed by atoms with Crippen LogP contribution in [0, 0.1) is 0 Å². The van der Waals surface area contributed by atoms with Gasteiger partial charge in [-0.15, -0.1) is 0 Å². The van der Waals surface area contributed by atoms with Gasteiger partial charge < -0.3 is 43.8 Å². The maximum atomic E-state index is 12.9. The Balaban J connectivity index is 1.83. The molecule has 0 amide bonds. The van der Waals surface area contributed by atoms with Gasteiger partial charge in [0.2, 0.25) is 0 Å². The molecule has 0 bridgehead atoms. The molecule has 3 heterocycles. The van der Waals surface area contributed by atoms with Crippen molar-refractivity contribution in [3.63, 3.8) is 0 Å². The van der Waals surface area contributed by atoms with E-state index in [1.807, 2.05) is 0 Å². The lowest BCUT2D eigenvalue weighted by atomic mass is 9.86. The fourth-order valence-electron chi connectivity index (χ4n) is 4.36. The second-order valence-corrected chi connectivity index (χ2v) is 9.41. The molecule has 196 valence electrons. The quantitative estimate of drug-likeness (QED) is 0.256. The number of hydrogen-bond acceptors (Lipinski definition) is 11. The van der Waals surface area contributed by atoms with Crippen molar-refractivity contribution in [2.45, 2.75) is 76.2 Å². The number of carbonyl (C=O) groups excluding carboxylic acids is 1. The largest absolute Gasteiger partial charge is 0.484 e. The van der Waals surface area contributed by atoms with Crippen LogP contribution >= 0.6 is 0 Å². The van der Waals surface area contributed by atoms with Crippen molar-refractivity contribution in [1.82, 2.24) is 0 Å². The summed E-state index contributed by atoms with van der Waals surface area (Å²) in [7, 11) is 0. The molecular formula is C25H30O11. The van der Waals surface area contributed by atoms with E-state index >= 15 is 0 Å². The molecular weight excluding hydrogens is 476 g/mol. The predicted molar refractivity (Wildman–Crippen MR) is 124 cm³/mol. The molecule has 2 aliphatic heterocycles. The smallest absolute Gasteiger partial charge is 0.336 e. The minimum absolute atomic E-state index is 0.133. The average Bonchev–Trinajstić information content (AvgIpc) is 2.84. The summed E-state index contributed by atoms with van der Waals surface area (Å²) < 4.78 is 29.1. The first kappa shape index (κ1) is 26.3. The number of ether oxygens (including phenoxy) is 4. The van der Waals surface area contributed by atoms with E-state index in [1.54, 1.807) is 52.0 Å². The molecule has 2 aromatic rings. The van der Waals surface area contributed by atoms with E-state index in [-0.39, 0.29) is 11.1 Å². The molecule has 0 saturated carbocycles. The lowest BCUT2D eigenvalue weighted by molar-refractivity contribution is -0.330. The van der Waals surface area contributed by atoms with Crippen molar-refractivity contribution in [2.75, 3.05) is 6.61 Å². The summed E-state index contributed by atoms with van der Waals surface area (Å²) in [4.78, 5) is 25.0. The monoisotopic (exact) mass is 506 g/mol. The maximum absolute atomic E-state index is 12.9. The molecule has 11 heteroatoms. The van der Waals surface area contributed by atoms with Crippen LogP contribution in [-0.4, -0.2) is 75.4 Å². The van der Waals surface area contributed by atoms with Crippen LogP contribution in [0.1, 0.15) is 39.4 Å². The molecule has 2 aliphatic rings. The number of benzene rings is 1.